The van der Waals surface area contributed by atoms with Crippen LogP contribution in [-0.4, -0.2) is 24.2 Å². The van der Waals surface area contributed by atoms with Gasteiger partial charge in [-0.2, -0.15) is 0 Å². The van der Waals surface area contributed by atoms with Gasteiger partial charge in [-0.05, 0) is 49.3 Å². The summed E-state index contributed by atoms with van der Waals surface area (Å²) in [6.45, 7) is 1.36. The van der Waals surface area contributed by atoms with Gasteiger partial charge < -0.3 is 15.2 Å². The number of phenols is 1. The van der Waals surface area contributed by atoms with Crippen molar-refractivity contribution < 1.29 is 14.6 Å². The molecule has 0 unspecified atom stereocenters. The Kier molecular flexibility index (Phi) is 3.92. The molecule has 108 valence electrons. The van der Waals surface area contributed by atoms with E-state index in [0.717, 1.165) is 43.2 Å². The van der Waals surface area contributed by atoms with Crippen molar-refractivity contribution in [2.45, 2.75) is 38.1 Å². The lowest BCUT2D eigenvalue weighted by molar-refractivity contribution is -0.128. The number of carbonyl (C=O) groups is 1. The zero-order valence-electron chi connectivity index (χ0n) is 11.6. The van der Waals surface area contributed by atoms with Crippen LogP contribution in [0.15, 0.2) is 18.2 Å². The molecule has 1 aromatic carbocycles. The van der Waals surface area contributed by atoms with Crippen molar-refractivity contribution in [3.63, 3.8) is 0 Å². The number of hydrogen-bond donors (Lipinski definition) is 2. The second-order valence-electron chi connectivity index (χ2n) is 5.68. The molecule has 0 radical (unpaired) electrons. The standard InChI is InChI=1S/C16H21NO3/c18-15-6-2-3-12-13(15)4-1-5-14(12)17-16(19)11-7-9-20-10-8-11/h2-3,6,11,14,18H,1,4-5,7-10H2,(H,17,19)/t14-/m1/s1. The van der Waals surface area contributed by atoms with Crippen LogP contribution in [0.25, 0.3) is 0 Å². The molecule has 0 saturated carbocycles. The van der Waals surface area contributed by atoms with Gasteiger partial charge in [-0.15, -0.1) is 0 Å². The quantitative estimate of drug-likeness (QED) is 0.870. The molecule has 0 spiro atoms. The van der Waals surface area contributed by atoms with Crippen LogP contribution in [0.3, 0.4) is 0 Å². The molecule has 1 aliphatic heterocycles. The van der Waals surface area contributed by atoms with Gasteiger partial charge in [0, 0.05) is 19.1 Å². The van der Waals surface area contributed by atoms with E-state index in [2.05, 4.69) is 5.32 Å². The number of aromatic hydroxyl groups is 1. The van der Waals surface area contributed by atoms with Gasteiger partial charge in [-0.3, -0.25) is 4.79 Å². The summed E-state index contributed by atoms with van der Waals surface area (Å²) in [6, 6.07) is 5.64. The summed E-state index contributed by atoms with van der Waals surface area (Å²) in [7, 11) is 0. The Morgan fingerprint density at radius 2 is 2.05 bits per heavy atom. The van der Waals surface area contributed by atoms with Gasteiger partial charge in [0.05, 0.1) is 6.04 Å². The van der Waals surface area contributed by atoms with E-state index < -0.39 is 0 Å². The van der Waals surface area contributed by atoms with Gasteiger partial charge >= 0.3 is 0 Å². The predicted octanol–water partition coefficient (Wildman–Crippen LogP) is 2.31. The highest BCUT2D eigenvalue weighted by Gasteiger charge is 2.27. The van der Waals surface area contributed by atoms with E-state index in [1.165, 1.54) is 0 Å². The van der Waals surface area contributed by atoms with E-state index in [0.29, 0.717) is 19.0 Å². The predicted molar refractivity (Wildman–Crippen MR) is 75.5 cm³/mol. The van der Waals surface area contributed by atoms with Crippen LogP contribution in [0.5, 0.6) is 5.75 Å². The van der Waals surface area contributed by atoms with Crippen molar-refractivity contribution in [3.8, 4) is 5.75 Å². The number of carbonyl (C=O) groups excluding carboxylic acids is 1. The van der Waals surface area contributed by atoms with Gasteiger partial charge in [0.1, 0.15) is 5.75 Å². The maximum Gasteiger partial charge on any atom is 0.223 e. The molecule has 1 aliphatic carbocycles. The Hall–Kier alpha value is -1.55. The number of ether oxygens (including phenoxy) is 1. The molecule has 2 N–H and O–H groups in total. The summed E-state index contributed by atoms with van der Waals surface area (Å²) < 4.78 is 5.30. The molecule has 4 nitrogen and oxygen atoms in total. The molecule has 1 aromatic rings. The number of fused-ring (bicyclic) bond motifs is 1. The van der Waals surface area contributed by atoms with Gasteiger partial charge in [0.2, 0.25) is 5.91 Å². The number of phenolic OH excluding ortho intramolecular Hbond substituents is 1. The normalized spacial score (nSPS) is 23.1. The lowest BCUT2D eigenvalue weighted by atomic mass is 9.86. The van der Waals surface area contributed by atoms with E-state index in [-0.39, 0.29) is 17.9 Å². The van der Waals surface area contributed by atoms with E-state index >= 15 is 0 Å². The topological polar surface area (TPSA) is 58.6 Å². The van der Waals surface area contributed by atoms with Crippen LogP contribution in [-0.2, 0) is 16.0 Å². The summed E-state index contributed by atoms with van der Waals surface area (Å²) in [4.78, 5) is 12.3. The van der Waals surface area contributed by atoms with Crippen LogP contribution in [0.1, 0.15) is 42.9 Å². The highest BCUT2D eigenvalue weighted by atomic mass is 16.5. The average Bonchev–Trinajstić information content (AvgIpc) is 2.49. The third-order valence-electron chi connectivity index (χ3n) is 4.39. The summed E-state index contributed by atoms with van der Waals surface area (Å²) in [6.07, 6.45) is 4.47. The van der Waals surface area contributed by atoms with Crippen LogP contribution in [0.2, 0.25) is 0 Å². The first-order valence-electron chi connectivity index (χ1n) is 7.44. The Balaban J connectivity index is 1.73. The fourth-order valence-corrected chi connectivity index (χ4v) is 3.23. The van der Waals surface area contributed by atoms with Crippen molar-refractivity contribution >= 4 is 5.91 Å². The Morgan fingerprint density at radius 1 is 1.25 bits per heavy atom. The van der Waals surface area contributed by atoms with Gasteiger partial charge in [-0.25, -0.2) is 0 Å². The first kappa shape index (κ1) is 13.4. The molecule has 1 saturated heterocycles. The second kappa shape index (κ2) is 5.83. The number of rotatable bonds is 2. The van der Waals surface area contributed by atoms with Crippen molar-refractivity contribution in [2.24, 2.45) is 5.92 Å². The molecule has 1 fully saturated rings. The second-order valence-corrected chi connectivity index (χ2v) is 5.68. The molecule has 0 bridgehead atoms. The minimum atomic E-state index is 0.0428. The number of benzene rings is 1. The number of nitrogens with one attached hydrogen (secondary N) is 1. The molecule has 20 heavy (non-hydrogen) atoms. The van der Waals surface area contributed by atoms with Crippen LogP contribution >= 0.6 is 0 Å². The summed E-state index contributed by atoms with van der Waals surface area (Å²) >= 11 is 0. The number of hydrogen-bond acceptors (Lipinski definition) is 3. The largest absolute Gasteiger partial charge is 0.508 e. The van der Waals surface area contributed by atoms with Crippen molar-refractivity contribution in [2.75, 3.05) is 13.2 Å². The molecule has 1 heterocycles. The SMILES string of the molecule is O=C(N[C@@H]1CCCc2c(O)cccc21)C1CCOCC1. The van der Waals surface area contributed by atoms with E-state index in [9.17, 15) is 9.90 Å². The molecular formula is C16H21NO3. The molecular weight excluding hydrogens is 254 g/mol. The average molecular weight is 275 g/mol. The molecule has 1 amide bonds. The lowest BCUT2D eigenvalue weighted by Gasteiger charge is -2.29. The third-order valence-corrected chi connectivity index (χ3v) is 4.39. The summed E-state index contributed by atoms with van der Waals surface area (Å²) in [5.41, 5.74) is 2.08. The summed E-state index contributed by atoms with van der Waals surface area (Å²) in [5, 5.41) is 13.1. The smallest absolute Gasteiger partial charge is 0.223 e. The Morgan fingerprint density at radius 3 is 2.85 bits per heavy atom. The van der Waals surface area contributed by atoms with E-state index in [4.69, 9.17) is 4.74 Å². The van der Waals surface area contributed by atoms with Crippen molar-refractivity contribution in [1.29, 1.82) is 0 Å². The first-order chi connectivity index (χ1) is 9.75. The highest BCUT2D eigenvalue weighted by molar-refractivity contribution is 5.79. The van der Waals surface area contributed by atoms with E-state index in [1.54, 1.807) is 6.07 Å². The fourth-order valence-electron chi connectivity index (χ4n) is 3.23. The van der Waals surface area contributed by atoms with Crippen molar-refractivity contribution in [1.82, 2.24) is 5.32 Å². The maximum absolute atomic E-state index is 12.3. The minimum Gasteiger partial charge on any atom is -0.508 e. The Bertz CT molecular complexity index is 494. The summed E-state index contributed by atoms with van der Waals surface area (Å²) in [5.74, 6) is 0.563. The van der Waals surface area contributed by atoms with Crippen molar-refractivity contribution in [3.05, 3.63) is 29.3 Å². The van der Waals surface area contributed by atoms with Crippen LogP contribution < -0.4 is 5.32 Å². The number of amides is 1. The molecule has 4 heteroatoms. The zero-order valence-corrected chi connectivity index (χ0v) is 11.6. The molecule has 2 aliphatic rings. The lowest BCUT2D eigenvalue weighted by Crippen LogP contribution is -2.37. The van der Waals surface area contributed by atoms with Gasteiger partial charge in [-0.1, -0.05) is 12.1 Å². The molecule has 0 aromatic heterocycles. The molecule has 1 atom stereocenters. The van der Waals surface area contributed by atoms with Crippen LogP contribution in [0.4, 0.5) is 0 Å². The zero-order chi connectivity index (χ0) is 13.9. The fraction of sp³-hybridized carbons (Fsp3) is 0.562. The molecule has 3 rings (SSSR count). The first-order valence-corrected chi connectivity index (χ1v) is 7.44. The highest BCUT2D eigenvalue weighted by Crippen LogP contribution is 2.35. The maximum atomic E-state index is 12.3. The monoisotopic (exact) mass is 275 g/mol. The van der Waals surface area contributed by atoms with Crippen LogP contribution in [0, 0.1) is 5.92 Å². The van der Waals surface area contributed by atoms with Gasteiger partial charge in [0.25, 0.3) is 0 Å². The minimum absolute atomic E-state index is 0.0428. The van der Waals surface area contributed by atoms with E-state index in [1.807, 2.05) is 12.1 Å². The van der Waals surface area contributed by atoms with Gasteiger partial charge in [0.15, 0.2) is 0 Å². The third kappa shape index (κ3) is 2.66. The Labute approximate surface area is 119 Å².